The van der Waals surface area contributed by atoms with Gasteiger partial charge >= 0.3 is 5.97 Å². The molecule has 0 spiro atoms. The SMILES string of the molecule is CCc1c(-c2ccsc2)n(CCC(=N)/N=N\N)c2ccc(C(=O)O)cc12. The number of nitrogens with one attached hydrogen (secondary N) is 1. The molecule has 0 saturated heterocycles. The van der Waals surface area contributed by atoms with Gasteiger partial charge in [-0.15, -0.1) is 5.11 Å². The Hall–Kier alpha value is -3.00. The Kier molecular flexibility index (Phi) is 5.13. The van der Waals surface area contributed by atoms with Crippen LogP contribution in [-0.2, 0) is 13.0 Å². The predicted octanol–water partition coefficient (Wildman–Crippen LogP) is 4.32. The standard InChI is InChI=1S/C18H19N5O2S/c1-2-13-14-9-11(18(24)25)3-4-15(14)23(7-5-16(19)21-22-20)17(13)12-6-8-26-10-12/h3-4,6,8-10H,2,5,7H2,1H3,(H,24,25)(H3,19,20,21). The Morgan fingerprint density at radius 1 is 1.38 bits per heavy atom. The second kappa shape index (κ2) is 7.49. The Balaban J connectivity index is 2.20. The lowest BCUT2D eigenvalue weighted by Crippen LogP contribution is -2.05. The smallest absolute Gasteiger partial charge is 0.335 e. The number of fused-ring (bicyclic) bond motifs is 1. The van der Waals surface area contributed by atoms with Gasteiger partial charge in [0.15, 0.2) is 0 Å². The molecule has 7 nitrogen and oxygen atoms in total. The summed E-state index contributed by atoms with van der Waals surface area (Å²) in [5, 5.41) is 28.9. The summed E-state index contributed by atoms with van der Waals surface area (Å²) in [7, 11) is 0. The molecular weight excluding hydrogens is 350 g/mol. The topological polar surface area (TPSA) is 117 Å². The van der Waals surface area contributed by atoms with Gasteiger partial charge in [-0.2, -0.15) is 11.3 Å². The average molecular weight is 369 g/mol. The van der Waals surface area contributed by atoms with E-state index in [0.717, 1.165) is 34.1 Å². The molecule has 0 bridgehead atoms. The molecule has 0 aliphatic heterocycles. The van der Waals surface area contributed by atoms with Gasteiger partial charge in [-0.25, -0.2) is 4.79 Å². The number of carboxylic acids is 1. The minimum absolute atomic E-state index is 0.103. The number of amidine groups is 1. The summed E-state index contributed by atoms with van der Waals surface area (Å²) in [6.07, 6.45) is 1.16. The maximum absolute atomic E-state index is 11.4. The summed E-state index contributed by atoms with van der Waals surface area (Å²) in [6, 6.07) is 7.23. The number of hydrogen-bond acceptors (Lipinski definition) is 4. The lowest BCUT2D eigenvalue weighted by molar-refractivity contribution is 0.0697. The number of nitrogens with two attached hydrogens (primary N) is 1. The van der Waals surface area contributed by atoms with E-state index >= 15 is 0 Å². The van der Waals surface area contributed by atoms with Gasteiger partial charge < -0.3 is 15.5 Å². The Morgan fingerprint density at radius 2 is 2.19 bits per heavy atom. The van der Waals surface area contributed by atoms with Crippen LogP contribution in [0.15, 0.2) is 45.4 Å². The quantitative estimate of drug-likeness (QED) is 0.197. The van der Waals surface area contributed by atoms with Gasteiger partial charge in [0.25, 0.3) is 0 Å². The number of nitrogens with zero attached hydrogens (tertiary/aromatic N) is 3. The Labute approximate surface area is 154 Å². The number of thiophene rings is 1. The number of hydrogen-bond donors (Lipinski definition) is 3. The summed E-state index contributed by atoms with van der Waals surface area (Å²) in [5.74, 6) is 4.18. The van der Waals surface area contributed by atoms with E-state index in [2.05, 4.69) is 33.3 Å². The third-order valence-corrected chi connectivity index (χ3v) is 5.00. The van der Waals surface area contributed by atoms with Crippen LogP contribution in [0, 0.1) is 5.41 Å². The van der Waals surface area contributed by atoms with Crippen molar-refractivity contribution in [2.45, 2.75) is 26.3 Å². The average Bonchev–Trinajstić information content (AvgIpc) is 3.25. The molecule has 1 aromatic carbocycles. The van der Waals surface area contributed by atoms with Gasteiger partial charge in [-0.1, -0.05) is 12.1 Å². The van der Waals surface area contributed by atoms with Gasteiger partial charge in [-0.3, -0.25) is 5.41 Å². The largest absolute Gasteiger partial charge is 0.478 e. The molecule has 2 heterocycles. The van der Waals surface area contributed by atoms with Crippen molar-refractivity contribution >= 4 is 34.0 Å². The van der Waals surface area contributed by atoms with Crippen molar-refractivity contribution in [2.75, 3.05) is 0 Å². The van der Waals surface area contributed by atoms with Crippen molar-refractivity contribution in [3.63, 3.8) is 0 Å². The summed E-state index contributed by atoms with van der Waals surface area (Å²) >= 11 is 1.61. The van der Waals surface area contributed by atoms with Crippen molar-refractivity contribution in [1.82, 2.24) is 4.57 Å². The van der Waals surface area contributed by atoms with Crippen molar-refractivity contribution < 1.29 is 9.90 Å². The molecule has 0 aliphatic carbocycles. The third kappa shape index (κ3) is 3.23. The van der Waals surface area contributed by atoms with Crippen LogP contribution in [0.3, 0.4) is 0 Å². The summed E-state index contributed by atoms with van der Waals surface area (Å²) < 4.78 is 2.13. The Morgan fingerprint density at radius 3 is 2.81 bits per heavy atom. The van der Waals surface area contributed by atoms with E-state index in [9.17, 15) is 9.90 Å². The molecule has 26 heavy (non-hydrogen) atoms. The predicted molar refractivity (Wildman–Crippen MR) is 103 cm³/mol. The number of benzene rings is 1. The third-order valence-electron chi connectivity index (χ3n) is 4.31. The van der Waals surface area contributed by atoms with E-state index < -0.39 is 5.97 Å². The first-order chi connectivity index (χ1) is 12.6. The molecule has 0 saturated carbocycles. The molecule has 0 atom stereocenters. The van der Waals surface area contributed by atoms with Gasteiger partial charge in [0, 0.05) is 34.8 Å². The highest BCUT2D eigenvalue weighted by molar-refractivity contribution is 7.08. The molecule has 3 rings (SSSR count). The molecule has 3 aromatic rings. The second-order valence-corrected chi connectivity index (χ2v) is 6.57. The molecular formula is C18H19N5O2S. The number of rotatable bonds is 6. The van der Waals surface area contributed by atoms with Gasteiger partial charge in [-0.05, 0) is 41.6 Å². The number of carbonyl (C=O) groups is 1. The van der Waals surface area contributed by atoms with E-state index in [1.54, 1.807) is 23.5 Å². The monoisotopic (exact) mass is 369 g/mol. The molecule has 8 heteroatoms. The molecule has 134 valence electrons. The zero-order chi connectivity index (χ0) is 18.7. The van der Waals surface area contributed by atoms with Crippen LogP contribution < -0.4 is 5.84 Å². The van der Waals surface area contributed by atoms with Crippen LogP contribution in [0.4, 0.5) is 0 Å². The molecule has 0 radical (unpaired) electrons. The zero-order valence-electron chi connectivity index (χ0n) is 14.3. The lowest BCUT2D eigenvalue weighted by atomic mass is 10.0. The van der Waals surface area contributed by atoms with Crippen LogP contribution in [-0.4, -0.2) is 21.5 Å². The first kappa shape index (κ1) is 17.8. The van der Waals surface area contributed by atoms with E-state index in [1.165, 1.54) is 0 Å². The number of aryl methyl sites for hydroxylation is 2. The van der Waals surface area contributed by atoms with Crippen LogP contribution in [0.2, 0.25) is 0 Å². The van der Waals surface area contributed by atoms with Crippen LogP contribution >= 0.6 is 11.3 Å². The number of aromatic carboxylic acids is 1. The van der Waals surface area contributed by atoms with Crippen molar-refractivity contribution in [2.24, 2.45) is 16.2 Å². The normalized spacial score (nSPS) is 11.4. The number of aromatic nitrogens is 1. The van der Waals surface area contributed by atoms with Crippen LogP contribution in [0.5, 0.6) is 0 Å². The van der Waals surface area contributed by atoms with Crippen LogP contribution in [0.25, 0.3) is 22.2 Å². The first-order valence-corrected chi connectivity index (χ1v) is 9.10. The fourth-order valence-corrected chi connectivity index (χ4v) is 3.85. The molecule has 4 N–H and O–H groups in total. The van der Waals surface area contributed by atoms with Crippen molar-refractivity contribution in [1.29, 1.82) is 5.41 Å². The highest BCUT2D eigenvalue weighted by Crippen LogP contribution is 2.36. The van der Waals surface area contributed by atoms with Crippen molar-refractivity contribution in [3.8, 4) is 11.3 Å². The van der Waals surface area contributed by atoms with Gasteiger partial charge in [0.2, 0.25) is 0 Å². The number of carboxylic acid groups (broad SMARTS) is 1. The minimum Gasteiger partial charge on any atom is -0.478 e. The lowest BCUT2D eigenvalue weighted by Gasteiger charge is -2.10. The van der Waals surface area contributed by atoms with Gasteiger partial charge in [0.1, 0.15) is 5.84 Å². The molecule has 0 amide bonds. The summed E-state index contributed by atoms with van der Waals surface area (Å²) in [6.45, 7) is 2.60. The summed E-state index contributed by atoms with van der Waals surface area (Å²) in [5.41, 5.74) is 4.47. The fraction of sp³-hybridized carbons (Fsp3) is 0.222. The molecule has 0 unspecified atom stereocenters. The first-order valence-electron chi connectivity index (χ1n) is 8.16. The molecule has 0 fully saturated rings. The molecule has 0 aliphatic rings. The maximum atomic E-state index is 11.4. The van der Waals surface area contributed by atoms with Gasteiger partial charge in [0.05, 0.1) is 11.3 Å². The minimum atomic E-state index is -0.941. The fourth-order valence-electron chi connectivity index (χ4n) is 3.21. The summed E-state index contributed by atoms with van der Waals surface area (Å²) in [4.78, 5) is 11.4. The van der Waals surface area contributed by atoms with E-state index in [0.29, 0.717) is 13.0 Å². The highest BCUT2D eigenvalue weighted by Gasteiger charge is 2.19. The molecule has 2 aromatic heterocycles. The van der Waals surface area contributed by atoms with Crippen molar-refractivity contribution in [3.05, 3.63) is 46.2 Å². The zero-order valence-corrected chi connectivity index (χ0v) is 15.1. The van der Waals surface area contributed by atoms with E-state index in [1.807, 2.05) is 11.4 Å². The van der Waals surface area contributed by atoms with Crippen LogP contribution in [0.1, 0.15) is 29.3 Å². The highest BCUT2D eigenvalue weighted by atomic mass is 32.1. The maximum Gasteiger partial charge on any atom is 0.335 e. The van der Waals surface area contributed by atoms with E-state index in [-0.39, 0.29) is 11.4 Å². The van der Waals surface area contributed by atoms with E-state index in [4.69, 9.17) is 11.3 Å². The Bertz CT molecular complexity index is 989. The second-order valence-electron chi connectivity index (χ2n) is 5.79.